The van der Waals surface area contributed by atoms with Gasteiger partial charge in [0.25, 0.3) is 0 Å². The molecule has 0 spiro atoms. The lowest BCUT2D eigenvalue weighted by molar-refractivity contribution is 0.621. The zero-order valence-electron chi connectivity index (χ0n) is 8.18. The molecule has 3 heteroatoms. The van der Waals surface area contributed by atoms with Gasteiger partial charge in [-0.3, -0.25) is 0 Å². The maximum absolute atomic E-state index is 5.67. The zero-order chi connectivity index (χ0) is 9.97. The van der Waals surface area contributed by atoms with E-state index in [0.717, 1.165) is 0 Å². The van der Waals surface area contributed by atoms with E-state index >= 15 is 0 Å². The van der Waals surface area contributed by atoms with Crippen LogP contribution in [0.25, 0.3) is 0 Å². The summed E-state index contributed by atoms with van der Waals surface area (Å²) in [6.45, 7) is 2.80. The predicted octanol–water partition coefficient (Wildman–Crippen LogP) is 2.62. The minimum Gasteiger partial charge on any atom is -0.342 e. The number of thiophene rings is 1. The van der Waals surface area contributed by atoms with E-state index < -0.39 is 0 Å². The van der Waals surface area contributed by atoms with Crippen LogP contribution in [0.3, 0.4) is 0 Å². The summed E-state index contributed by atoms with van der Waals surface area (Å²) in [7, 11) is 0. The van der Waals surface area contributed by atoms with Crippen molar-refractivity contribution in [1.82, 2.24) is 4.57 Å². The summed E-state index contributed by atoms with van der Waals surface area (Å²) >= 11 is 1.79. The Morgan fingerprint density at radius 1 is 1.43 bits per heavy atom. The van der Waals surface area contributed by atoms with Crippen molar-refractivity contribution >= 4 is 11.3 Å². The van der Waals surface area contributed by atoms with Gasteiger partial charge in [-0.1, -0.05) is 6.07 Å². The highest BCUT2D eigenvalue weighted by Gasteiger charge is 2.10. The van der Waals surface area contributed by atoms with Gasteiger partial charge in [0.2, 0.25) is 0 Å². The maximum Gasteiger partial charge on any atom is 0.0647 e. The number of hydrogen-bond acceptors (Lipinski definition) is 2. The molecule has 1 atom stereocenters. The fourth-order valence-electron chi connectivity index (χ4n) is 1.65. The molecule has 74 valence electrons. The second kappa shape index (κ2) is 3.98. The third kappa shape index (κ3) is 1.61. The Hall–Kier alpha value is -1.06. The Morgan fingerprint density at radius 3 is 2.93 bits per heavy atom. The van der Waals surface area contributed by atoms with Crippen LogP contribution in [0.1, 0.15) is 23.5 Å². The van der Waals surface area contributed by atoms with Crippen LogP contribution in [0.15, 0.2) is 35.8 Å². The first-order valence-electron chi connectivity index (χ1n) is 4.72. The highest BCUT2D eigenvalue weighted by molar-refractivity contribution is 7.10. The minimum absolute atomic E-state index is 0.392. The van der Waals surface area contributed by atoms with Gasteiger partial charge in [0.1, 0.15) is 0 Å². The molecular weight excluding hydrogens is 192 g/mol. The van der Waals surface area contributed by atoms with Crippen LogP contribution in [0.2, 0.25) is 0 Å². The topological polar surface area (TPSA) is 30.9 Å². The van der Waals surface area contributed by atoms with E-state index in [4.69, 9.17) is 5.73 Å². The fourth-order valence-corrected chi connectivity index (χ4v) is 2.43. The third-order valence-electron chi connectivity index (χ3n) is 2.45. The number of nitrogens with zero attached hydrogens (tertiary/aromatic N) is 1. The first-order valence-corrected chi connectivity index (χ1v) is 5.60. The number of rotatable bonds is 3. The minimum atomic E-state index is 0.392. The molecule has 0 radical (unpaired) electrons. The van der Waals surface area contributed by atoms with Crippen LogP contribution in [-0.2, 0) is 6.54 Å². The van der Waals surface area contributed by atoms with Crippen molar-refractivity contribution in [3.8, 4) is 0 Å². The van der Waals surface area contributed by atoms with Crippen molar-refractivity contribution in [2.24, 2.45) is 5.73 Å². The fraction of sp³-hybridized carbons (Fsp3) is 0.273. The van der Waals surface area contributed by atoms with Crippen molar-refractivity contribution < 1.29 is 0 Å². The lowest BCUT2D eigenvalue weighted by Crippen LogP contribution is -2.10. The van der Waals surface area contributed by atoms with Crippen LogP contribution >= 0.6 is 11.3 Å². The van der Waals surface area contributed by atoms with Crippen LogP contribution in [0.5, 0.6) is 0 Å². The van der Waals surface area contributed by atoms with Gasteiger partial charge in [0, 0.05) is 23.3 Å². The lowest BCUT2D eigenvalue weighted by Gasteiger charge is -2.15. The monoisotopic (exact) mass is 206 g/mol. The molecule has 0 bridgehead atoms. The third-order valence-corrected chi connectivity index (χ3v) is 3.49. The van der Waals surface area contributed by atoms with Crippen LogP contribution in [-0.4, -0.2) is 4.57 Å². The highest BCUT2D eigenvalue weighted by atomic mass is 32.1. The molecule has 2 aromatic rings. The predicted molar refractivity (Wildman–Crippen MR) is 60.5 cm³/mol. The number of nitrogens with two attached hydrogens (primary N) is 1. The zero-order valence-corrected chi connectivity index (χ0v) is 9.00. The summed E-state index contributed by atoms with van der Waals surface area (Å²) < 4.78 is 2.23. The smallest absolute Gasteiger partial charge is 0.0647 e. The molecule has 2 aromatic heterocycles. The standard InChI is InChI=1S/C11H14N2S/c1-9(11-5-3-7-14-11)13-6-2-4-10(13)8-12/h2-7,9H,8,12H2,1H3. The van der Waals surface area contributed by atoms with Gasteiger partial charge in [-0.2, -0.15) is 0 Å². The van der Waals surface area contributed by atoms with Crippen LogP contribution in [0, 0.1) is 0 Å². The molecule has 0 saturated heterocycles. The van der Waals surface area contributed by atoms with E-state index in [0.29, 0.717) is 12.6 Å². The Labute approximate surface area is 88.0 Å². The summed E-state index contributed by atoms with van der Waals surface area (Å²) in [5, 5.41) is 2.11. The molecule has 0 aliphatic heterocycles. The molecule has 0 fully saturated rings. The van der Waals surface area contributed by atoms with Crippen LogP contribution in [0.4, 0.5) is 0 Å². The van der Waals surface area contributed by atoms with Crippen molar-refractivity contribution in [1.29, 1.82) is 0 Å². The van der Waals surface area contributed by atoms with Crippen molar-refractivity contribution in [2.75, 3.05) is 0 Å². The van der Waals surface area contributed by atoms with Gasteiger partial charge in [0.05, 0.1) is 6.04 Å². The van der Waals surface area contributed by atoms with E-state index in [1.165, 1.54) is 10.6 Å². The van der Waals surface area contributed by atoms with E-state index in [1.807, 2.05) is 6.07 Å². The molecule has 14 heavy (non-hydrogen) atoms. The van der Waals surface area contributed by atoms with Gasteiger partial charge in [-0.05, 0) is 30.5 Å². The second-order valence-corrected chi connectivity index (χ2v) is 4.28. The van der Waals surface area contributed by atoms with Crippen LogP contribution < -0.4 is 5.73 Å². The quantitative estimate of drug-likeness (QED) is 0.822. The maximum atomic E-state index is 5.67. The van der Waals surface area contributed by atoms with E-state index in [9.17, 15) is 0 Å². The Balaban J connectivity index is 2.31. The summed E-state index contributed by atoms with van der Waals surface area (Å²) in [5.41, 5.74) is 6.85. The van der Waals surface area contributed by atoms with E-state index in [-0.39, 0.29) is 0 Å². The largest absolute Gasteiger partial charge is 0.342 e. The first kappa shape index (κ1) is 9.49. The van der Waals surface area contributed by atoms with Crippen molar-refractivity contribution in [2.45, 2.75) is 19.5 Å². The second-order valence-electron chi connectivity index (χ2n) is 3.30. The van der Waals surface area contributed by atoms with Gasteiger partial charge in [-0.15, -0.1) is 11.3 Å². The van der Waals surface area contributed by atoms with Crippen molar-refractivity contribution in [3.63, 3.8) is 0 Å². The Kier molecular flexibility index (Phi) is 2.70. The highest BCUT2D eigenvalue weighted by Crippen LogP contribution is 2.24. The molecule has 2 heterocycles. The molecule has 2 N–H and O–H groups in total. The van der Waals surface area contributed by atoms with E-state index in [1.54, 1.807) is 11.3 Å². The Morgan fingerprint density at radius 2 is 2.29 bits per heavy atom. The van der Waals surface area contributed by atoms with Gasteiger partial charge in [-0.25, -0.2) is 0 Å². The number of hydrogen-bond donors (Lipinski definition) is 1. The summed E-state index contributed by atoms with van der Waals surface area (Å²) in [5.74, 6) is 0. The Bertz CT molecular complexity index is 389. The first-order chi connectivity index (χ1) is 6.83. The summed E-state index contributed by atoms with van der Waals surface area (Å²) in [4.78, 5) is 1.37. The van der Waals surface area contributed by atoms with Crippen molar-refractivity contribution in [3.05, 3.63) is 46.4 Å². The molecule has 0 aliphatic carbocycles. The molecule has 0 aliphatic rings. The average molecular weight is 206 g/mol. The summed E-state index contributed by atoms with van der Waals surface area (Å²) in [6.07, 6.45) is 2.09. The van der Waals surface area contributed by atoms with E-state index in [2.05, 4.69) is 41.3 Å². The lowest BCUT2D eigenvalue weighted by atomic mass is 10.2. The molecule has 0 aromatic carbocycles. The normalized spacial score (nSPS) is 13.0. The average Bonchev–Trinajstić information content (AvgIpc) is 2.87. The van der Waals surface area contributed by atoms with Gasteiger partial charge >= 0.3 is 0 Å². The molecule has 2 rings (SSSR count). The molecule has 2 nitrogen and oxygen atoms in total. The van der Waals surface area contributed by atoms with Gasteiger partial charge < -0.3 is 10.3 Å². The molecule has 0 amide bonds. The summed E-state index contributed by atoms with van der Waals surface area (Å²) in [6, 6.07) is 8.76. The molecule has 0 saturated carbocycles. The van der Waals surface area contributed by atoms with Gasteiger partial charge in [0.15, 0.2) is 0 Å². The molecular formula is C11H14N2S. The molecule has 1 unspecified atom stereocenters. The SMILES string of the molecule is CC(c1cccs1)n1cccc1CN. The number of aromatic nitrogens is 1.